The first-order chi connectivity index (χ1) is 13.3. The zero-order valence-electron chi connectivity index (χ0n) is 18.7. The molecular weight excluding hydrogens is 384 g/mol. The Bertz CT molecular complexity index is 1070. The molecule has 0 fully saturated rings. The first-order valence-electron chi connectivity index (χ1n) is 10.1. The van der Waals surface area contributed by atoms with E-state index in [1.807, 2.05) is 0 Å². The Labute approximate surface area is 172 Å². The molecule has 2 N–H and O–H groups in total. The van der Waals surface area contributed by atoms with Crippen molar-refractivity contribution in [2.24, 2.45) is 0 Å². The highest BCUT2D eigenvalue weighted by Gasteiger charge is 2.36. The number of H-pyrrole nitrogens is 2. The van der Waals surface area contributed by atoms with Gasteiger partial charge in [0.2, 0.25) is 0 Å². The van der Waals surface area contributed by atoms with Gasteiger partial charge in [-0.25, -0.2) is 4.98 Å². The summed E-state index contributed by atoms with van der Waals surface area (Å²) in [4.78, 5) is 33.4. The van der Waals surface area contributed by atoms with E-state index in [-0.39, 0.29) is 27.2 Å². The van der Waals surface area contributed by atoms with E-state index in [9.17, 15) is 9.59 Å². The lowest BCUT2D eigenvalue weighted by molar-refractivity contribution is 0.274. The van der Waals surface area contributed by atoms with E-state index in [2.05, 4.69) is 73.8 Å². The zero-order chi connectivity index (χ0) is 22.0. The third-order valence-corrected chi connectivity index (χ3v) is 10.1. The highest BCUT2D eigenvalue weighted by Crippen LogP contribution is 2.36. The predicted molar refractivity (Wildman–Crippen MR) is 120 cm³/mol. The van der Waals surface area contributed by atoms with Gasteiger partial charge < -0.3 is 19.0 Å². The van der Waals surface area contributed by atoms with Crippen LogP contribution in [0.5, 0.6) is 0 Å². The molecular formula is C21H34N4O3Si. The molecule has 0 saturated heterocycles. The van der Waals surface area contributed by atoms with Gasteiger partial charge in [0.15, 0.2) is 8.32 Å². The van der Waals surface area contributed by atoms with Crippen LogP contribution in [0.15, 0.2) is 15.9 Å². The fraction of sp³-hybridized carbons (Fsp3) is 0.571. The molecule has 0 unspecified atom stereocenters. The maximum atomic E-state index is 12.1. The largest absolute Gasteiger partial charge is 0.417 e. The van der Waals surface area contributed by atoms with E-state index in [1.54, 1.807) is 12.4 Å². The molecule has 2 heterocycles. The quantitative estimate of drug-likeness (QED) is 0.531. The van der Waals surface area contributed by atoms with Crippen LogP contribution >= 0.6 is 0 Å². The normalized spacial score (nSPS) is 13.4. The lowest BCUT2D eigenvalue weighted by Gasteiger charge is -2.36. The van der Waals surface area contributed by atoms with E-state index >= 15 is 0 Å². The van der Waals surface area contributed by atoms with Gasteiger partial charge in [-0.1, -0.05) is 41.2 Å². The molecule has 0 radical (unpaired) electrons. The molecule has 2 rings (SSSR count). The standard InChI is InChI=1S/C21H34N4O3Si/c1-14(2)18-16(12-17-20(27)23-15(3)19(26)24-17)22-13-25(18)10-9-11-28-29(7,8)21(4,5)6/h12-14H,3,9-11H2,1-2,4-8H3,(H,23,27)(H,24,26). The third kappa shape index (κ3) is 5.45. The van der Waals surface area contributed by atoms with Gasteiger partial charge in [-0.15, -0.1) is 0 Å². The predicted octanol–water partition coefficient (Wildman–Crippen LogP) is 2.03. The zero-order valence-corrected chi connectivity index (χ0v) is 19.7. The van der Waals surface area contributed by atoms with Crippen molar-refractivity contribution in [2.45, 2.75) is 71.6 Å². The molecule has 2 aromatic heterocycles. The smallest absolute Gasteiger partial charge is 0.272 e. The van der Waals surface area contributed by atoms with E-state index in [0.29, 0.717) is 12.3 Å². The van der Waals surface area contributed by atoms with Crippen molar-refractivity contribution in [2.75, 3.05) is 6.61 Å². The summed E-state index contributed by atoms with van der Waals surface area (Å²) in [6.07, 6.45) is 4.29. The van der Waals surface area contributed by atoms with Crippen molar-refractivity contribution < 1.29 is 4.43 Å². The summed E-state index contributed by atoms with van der Waals surface area (Å²) in [7, 11) is -1.75. The van der Waals surface area contributed by atoms with Crippen LogP contribution in [0.25, 0.3) is 12.7 Å². The first kappa shape index (κ1) is 23.1. The number of aryl methyl sites for hydroxylation is 1. The van der Waals surface area contributed by atoms with Gasteiger partial charge in [0.25, 0.3) is 11.1 Å². The average Bonchev–Trinajstić information content (AvgIpc) is 2.98. The highest BCUT2D eigenvalue weighted by atomic mass is 28.4. The van der Waals surface area contributed by atoms with E-state index in [0.717, 1.165) is 18.7 Å². The second kappa shape index (κ2) is 8.67. The lowest BCUT2D eigenvalue weighted by Crippen LogP contribution is -2.46. The first-order valence-corrected chi connectivity index (χ1v) is 13.0. The Balaban J connectivity index is 2.23. The van der Waals surface area contributed by atoms with Crippen molar-refractivity contribution >= 4 is 21.0 Å². The lowest BCUT2D eigenvalue weighted by atomic mass is 10.1. The monoisotopic (exact) mass is 418 g/mol. The topological polar surface area (TPSA) is 92.8 Å². The van der Waals surface area contributed by atoms with Crippen LogP contribution in [0.3, 0.4) is 0 Å². The number of hydrogen-bond donors (Lipinski definition) is 2. The molecule has 0 aliphatic carbocycles. The van der Waals surface area contributed by atoms with Crippen LogP contribution in [0.2, 0.25) is 18.1 Å². The molecule has 0 aromatic carbocycles. The Morgan fingerprint density at radius 3 is 2.48 bits per heavy atom. The number of aromatic amines is 2. The minimum atomic E-state index is -1.75. The van der Waals surface area contributed by atoms with Crippen molar-refractivity contribution in [3.05, 3.63) is 49.1 Å². The number of imidazole rings is 1. The molecule has 0 bridgehead atoms. The van der Waals surface area contributed by atoms with Crippen LogP contribution in [0.4, 0.5) is 0 Å². The van der Waals surface area contributed by atoms with Gasteiger partial charge in [0.1, 0.15) is 5.35 Å². The molecule has 0 amide bonds. The summed E-state index contributed by atoms with van der Waals surface area (Å²) in [6, 6.07) is 0. The molecule has 0 saturated carbocycles. The number of nitrogens with one attached hydrogen (secondary N) is 2. The Hall–Kier alpha value is -2.19. The maximum Gasteiger partial charge on any atom is 0.272 e. The Kier molecular flexibility index (Phi) is 6.90. The van der Waals surface area contributed by atoms with E-state index < -0.39 is 13.9 Å². The summed E-state index contributed by atoms with van der Waals surface area (Å²) < 4.78 is 8.37. The van der Waals surface area contributed by atoms with E-state index in [1.165, 1.54) is 0 Å². The van der Waals surface area contributed by atoms with Crippen molar-refractivity contribution in [1.82, 2.24) is 19.5 Å². The minimum Gasteiger partial charge on any atom is -0.417 e. The third-order valence-electron chi connectivity index (χ3n) is 5.58. The van der Waals surface area contributed by atoms with Crippen LogP contribution in [0.1, 0.15) is 58.3 Å². The molecule has 0 spiro atoms. The molecule has 0 aliphatic heterocycles. The molecule has 160 valence electrons. The van der Waals surface area contributed by atoms with Gasteiger partial charge in [0, 0.05) is 18.8 Å². The molecule has 2 aromatic rings. The Morgan fingerprint density at radius 2 is 1.90 bits per heavy atom. The minimum absolute atomic E-state index is 0.0449. The van der Waals surface area contributed by atoms with Crippen LogP contribution in [-0.2, 0) is 11.0 Å². The van der Waals surface area contributed by atoms with Gasteiger partial charge in [-0.05, 0) is 36.5 Å². The molecule has 8 heteroatoms. The van der Waals surface area contributed by atoms with Gasteiger partial charge in [0.05, 0.1) is 17.4 Å². The maximum absolute atomic E-state index is 12.1. The summed E-state index contributed by atoms with van der Waals surface area (Å²) in [5.41, 5.74) is 0.908. The van der Waals surface area contributed by atoms with Crippen molar-refractivity contribution in [1.29, 1.82) is 0 Å². The Morgan fingerprint density at radius 1 is 1.24 bits per heavy atom. The number of aromatic nitrogens is 4. The number of rotatable bonds is 7. The molecule has 0 aliphatic rings. The number of nitrogens with zero attached hydrogens (tertiary/aromatic N) is 2. The fourth-order valence-corrected chi connectivity index (χ4v) is 3.94. The SMILES string of the molecule is C=c1[nH]c(=O)c(=Cc2ncn(CCCO[Si](C)(C)C(C)(C)C)c2C(C)C)[nH]c1=O. The molecule has 7 nitrogen and oxygen atoms in total. The van der Waals surface area contributed by atoms with Crippen LogP contribution in [0, 0.1) is 0 Å². The van der Waals surface area contributed by atoms with Crippen LogP contribution in [-0.4, -0.2) is 34.4 Å². The second-order valence-corrected chi connectivity index (χ2v) is 14.1. The van der Waals surface area contributed by atoms with E-state index in [4.69, 9.17) is 4.43 Å². The average molecular weight is 419 g/mol. The number of hydrogen-bond acceptors (Lipinski definition) is 4. The molecule has 29 heavy (non-hydrogen) atoms. The summed E-state index contributed by atoms with van der Waals surface area (Å²) in [6.45, 7) is 20.4. The summed E-state index contributed by atoms with van der Waals surface area (Å²) in [5, 5.41) is 0.417. The van der Waals surface area contributed by atoms with Crippen LogP contribution < -0.4 is 21.8 Å². The summed E-state index contributed by atoms with van der Waals surface area (Å²) >= 11 is 0. The fourth-order valence-electron chi connectivity index (χ4n) is 2.86. The van der Waals surface area contributed by atoms with Gasteiger partial charge in [-0.3, -0.25) is 9.59 Å². The molecule has 0 atom stereocenters. The summed E-state index contributed by atoms with van der Waals surface area (Å²) in [5.74, 6) is 0.211. The highest BCUT2D eigenvalue weighted by molar-refractivity contribution is 6.74. The van der Waals surface area contributed by atoms with Crippen molar-refractivity contribution in [3.8, 4) is 0 Å². The second-order valence-electron chi connectivity index (χ2n) is 9.27. The van der Waals surface area contributed by atoms with Gasteiger partial charge >= 0.3 is 0 Å². The van der Waals surface area contributed by atoms with Gasteiger partial charge in [-0.2, -0.15) is 0 Å². The van der Waals surface area contributed by atoms with Crippen molar-refractivity contribution in [3.63, 3.8) is 0 Å².